The Kier molecular flexibility index (Phi) is 4.17. The molecule has 0 saturated heterocycles. The number of sulfonamides is 1. The SMILES string of the molecule is Cc1cccc(S(=O)(=O)Nc2ccc(-c3ccccc3)cc2)c1. The molecule has 0 aliphatic carbocycles. The normalized spacial score (nSPS) is 11.2. The average Bonchev–Trinajstić information content (AvgIpc) is 2.56. The summed E-state index contributed by atoms with van der Waals surface area (Å²) in [6.07, 6.45) is 0. The highest BCUT2D eigenvalue weighted by atomic mass is 32.2. The number of hydrogen-bond acceptors (Lipinski definition) is 2. The Hall–Kier alpha value is -2.59. The molecule has 0 fully saturated rings. The van der Waals surface area contributed by atoms with Crippen molar-refractivity contribution in [3.63, 3.8) is 0 Å². The molecule has 4 heteroatoms. The number of nitrogens with one attached hydrogen (secondary N) is 1. The van der Waals surface area contributed by atoms with Crippen molar-refractivity contribution >= 4 is 15.7 Å². The molecule has 0 aliphatic rings. The van der Waals surface area contributed by atoms with Gasteiger partial charge in [-0.15, -0.1) is 0 Å². The van der Waals surface area contributed by atoms with Crippen LogP contribution in [0, 0.1) is 6.92 Å². The van der Waals surface area contributed by atoms with Gasteiger partial charge in [0.05, 0.1) is 4.90 Å². The van der Waals surface area contributed by atoms with Crippen molar-refractivity contribution in [3.8, 4) is 11.1 Å². The summed E-state index contributed by atoms with van der Waals surface area (Å²) in [6, 6.07) is 24.2. The lowest BCUT2D eigenvalue weighted by Gasteiger charge is -2.09. The van der Waals surface area contributed by atoms with Crippen LogP contribution in [0.3, 0.4) is 0 Å². The summed E-state index contributed by atoms with van der Waals surface area (Å²) in [6.45, 7) is 1.87. The van der Waals surface area contributed by atoms with E-state index in [4.69, 9.17) is 0 Å². The molecule has 0 aliphatic heterocycles. The van der Waals surface area contributed by atoms with Crippen LogP contribution in [0.2, 0.25) is 0 Å². The Balaban J connectivity index is 1.83. The van der Waals surface area contributed by atoms with E-state index in [9.17, 15) is 8.42 Å². The fraction of sp³-hybridized carbons (Fsp3) is 0.0526. The van der Waals surface area contributed by atoms with Gasteiger partial charge in [0.1, 0.15) is 0 Å². The quantitative estimate of drug-likeness (QED) is 0.770. The zero-order valence-corrected chi connectivity index (χ0v) is 13.5. The molecule has 3 rings (SSSR count). The van der Waals surface area contributed by atoms with E-state index in [2.05, 4.69) is 4.72 Å². The van der Waals surface area contributed by atoms with Crippen molar-refractivity contribution in [1.29, 1.82) is 0 Å². The molecule has 0 atom stereocenters. The van der Waals surface area contributed by atoms with Gasteiger partial charge in [0.15, 0.2) is 0 Å². The monoisotopic (exact) mass is 323 g/mol. The molecule has 0 unspecified atom stereocenters. The number of anilines is 1. The van der Waals surface area contributed by atoms with E-state index < -0.39 is 10.0 Å². The molecule has 0 bridgehead atoms. The third-order valence-electron chi connectivity index (χ3n) is 3.54. The van der Waals surface area contributed by atoms with Gasteiger partial charge in [0.25, 0.3) is 10.0 Å². The molecule has 1 N–H and O–H groups in total. The van der Waals surface area contributed by atoms with Gasteiger partial charge in [-0.2, -0.15) is 0 Å². The molecule has 0 radical (unpaired) electrons. The highest BCUT2D eigenvalue weighted by Gasteiger charge is 2.14. The second-order valence-electron chi connectivity index (χ2n) is 5.37. The maximum atomic E-state index is 12.4. The molecule has 0 amide bonds. The van der Waals surface area contributed by atoms with Crippen LogP contribution in [0.4, 0.5) is 5.69 Å². The Morgan fingerprint density at radius 3 is 2.04 bits per heavy atom. The van der Waals surface area contributed by atoms with Crippen LogP contribution in [0.1, 0.15) is 5.56 Å². The Morgan fingerprint density at radius 2 is 1.39 bits per heavy atom. The molecule has 3 aromatic rings. The first-order valence-electron chi connectivity index (χ1n) is 7.29. The van der Waals surface area contributed by atoms with Gasteiger partial charge in [-0.25, -0.2) is 8.42 Å². The molecule has 23 heavy (non-hydrogen) atoms. The maximum absolute atomic E-state index is 12.4. The zero-order chi connectivity index (χ0) is 16.3. The number of hydrogen-bond donors (Lipinski definition) is 1. The van der Waals surface area contributed by atoms with Crippen LogP contribution in [0.25, 0.3) is 11.1 Å². The van der Waals surface area contributed by atoms with Gasteiger partial charge in [-0.05, 0) is 47.9 Å². The van der Waals surface area contributed by atoms with Crippen molar-refractivity contribution in [2.24, 2.45) is 0 Å². The van der Waals surface area contributed by atoms with E-state index >= 15 is 0 Å². The van der Waals surface area contributed by atoms with Gasteiger partial charge in [0, 0.05) is 5.69 Å². The van der Waals surface area contributed by atoms with Gasteiger partial charge in [-0.3, -0.25) is 4.72 Å². The van der Waals surface area contributed by atoms with Crippen LogP contribution in [-0.2, 0) is 10.0 Å². The topological polar surface area (TPSA) is 46.2 Å². The van der Waals surface area contributed by atoms with Gasteiger partial charge in [0.2, 0.25) is 0 Å². The third kappa shape index (κ3) is 3.60. The first kappa shape index (κ1) is 15.3. The summed E-state index contributed by atoms with van der Waals surface area (Å²) in [5.41, 5.74) is 3.60. The molecular formula is C19H17NO2S. The lowest BCUT2D eigenvalue weighted by Crippen LogP contribution is -2.12. The Labute approximate surface area is 136 Å². The largest absolute Gasteiger partial charge is 0.280 e. The van der Waals surface area contributed by atoms with E-state index in [0.29, 0.717) is 5.69 Å². The summed E-state index contributed by atoms with van der Waals surface area (Å²) in [4.78, 5) is 0.268. The van der Waals surface area contributed by atoms with Gasteiger partial charge in [-0.1, -0.05) is 54.6 Å². The molecule has 3 nitrogen and oxygen atoms in total. The predicted molar refractivity (Wildman–Crippen MR) is 93.9 cm³/mol. The summed E-state index contributed by atoms with van der Waals surface area (Å²) >= 11 is 0. The van der Waals surface area contributed by atoms with Crippen LogP contribution in [0.5, 0.6) is 0 Å². The Morgan fingerprint density at radius 1 is 0.739 bits per heavy atom. The lowest BCUT2D eigenvalue weighted by molar-refractivity contribution is 0.601. The fourth-order valence-corrected chi connectivity index (χ4v) is 3.52. The van der Waals surface area contributed by atoms with Crippen molar-refractivity contribution in [2.75, 3.05) is 4.72 Å². The number of aryl methyl sites for hydroxylation is 1. The van der Waals surface area contributed by atoms with Crippen molar-refractivity contribution < 1.29 is 8.42 Å². The molecule has 0 aromatic heterocycles. The van der Waals surface area contributed by atoms with E-state index in [1.165, 1.54) is 0 Å². The van der Waals surface area contributed by atoms with Crippen LogP contribution in [0.15, 0.2) is 83.8 Å². The van der Waals surface area contributed by atoms with Crippen molar-refractivity contribution in [2.45, 2.75) is 11.8 Å². The first-order chi connectivity index (χ1) is 11.0. The highest BCUT2D eigenvalue weighted by Crippen LogP contribution is 2.22. The minimum absolute atomic E-state index is 0.268. The van der Waals surface area contributed by atoms with Gasteiger partial charge < -0.3 is 0 Å². The van der Waals surface area contributed by atoms with E-state index in [-0.39, 0.29) is 4.90 Å². The van der Waals surface area contributed by atoms with Gasteiger partial charge >= 0.3 is 0 Å². The molecule has 0 spiro atoms. The molecule has 0 heterocycles. The molecule has 116 valence electrons. The first-order valence-corrected chi connectivity index (χ1v) is 8.78. The fourth-order valence-electron chi connectivity index (χ4n) is 2.36. The molecular weight excluding hydrogens is 306 g/mol. The van der Waals surface area contributed by atoms with Crippen LogP contribution < -0.4 is 4.72 Å². The maximum Gasteiger partial charge on any atom is 0.261 e. The van der Waals surface area contributed by atoms with E-state index in [0.717, 1.165) is 16.7 Å². The number of rotatable bonds is 4. The van der Waals surface area contributed by atoms with E-state index in [1.54, 1.807) is 30.3 Å². The zero-order valence-electron chi connectivity index (χ0n) is 12.7. The Bertz CT molecular complexity index is 902. The summed E-state index contributed by atoms with van der Waals surface area (Å²) in [5, 5.41) is 0. The van der Waals surface area contributed by atoms with Crippen molar-refractivity contribution in [1.82, 2.24) is 0 Å². The van der Waals surface area contributed by atoms with E-state index in [1.807, 2.05) is 55.5 Å². The highest BCUT2D eigenvalue weighted by molar-refractivity contribution is 7.92. The summed E-state index contributed by atoms with van der Waals surface area (Å²) < 4.78 is 27.4. The average molecular weight is 323 g/mol. The third-order valence-corrected chi connectivity index (χ3v) is 4.92. The summed E-state index contributed by atoms with van der Waals surface area (Å²) in [7, 11) is -3.56. The standard InChI is InChI=1S/C19H17NO2S/c1-15-6-5-9-19(14-15)23(21,22)20-18-12-10-17(11-13-18)16-7-3-2-4-8-16/h2-14,20H,1H3. The van der Waals surface area contributed by atoms with Crippen molar-refractivity contribution in [3.05, 3.63) is 84.4 Å². The van der Waals surface area contributed by atoms with Crippen LogP contribution >= 0.6 is 0 Å². The molecule has 0 saturated carbocycles. The minimum atomic E-state index is -3.56. The lowest BCUT2D eigenvalue weighted by atomic mass is 10.1. The summed E-state index contributed by atoms with van der Waals surface area (Å²) in [5.74, 6) is 0. The van der Waals surface area contributed by atoms with Crippen LogP contribution in [-0.4, -0.2) is 8.42 Å². The second kappa shape index (κ2) is 6.26. The smallest absolute Gasteiger partial charge is 0.261 e. The predicted octanol–water partition coefficient (Wildman–Crippen LogP) is 4.46. The number of benzene rings is 3. The second-order valence-corrected chi connectivity index (χ2v) is 7.05. The minimum Gasteiger partial charge on any atom is -0.280 e. The molecule has 3 aromatic carbocycles.